The summed E-state index contributed by atoms with van der Waals surface area (Å²) in [7, 11) is 0. The highest BCUT2D eigenvalue weighted by Crippen LogP contribution is 2.29. The van der Waals surface area contributed by atoms with E-state index in [1.165, 1.54) is 17.0 Å². The van der Waals surface area contributed by atoms with Gasteiger partial charge in [0.15, 0.2) is 0 Å². The van der Waals surface area contributed by atoms with Gasteiger partial charge in [-0.15, -0.1) is 11.3 Å². The minimum Gasteiger partial charge on any atom is -0.456 e. The molecule has 2 N–H and O–H groups in total. The van der Waals surface area contributed by atoms with E-state index in [1.54, 1.807) is 11.3 Å². The number of hydrogen-bond donors (Lipinski definition) is 1. The zero-order valence-electron chi connectivity index (χ0n) is 10.8. The fourth-order valence-electron chi connectivity index (χ4n) is 1.64. The Hall–Kier alpha value is -1.23. The second-order valence-electron chi connectivity index (χ2n) is 4.16. The van der Waals surface area contributed by atoms with Crippen LogP contribution in [0.4, 0.5) is 5.69 Å². The van der Waals surface area contributed by atoms with Crippen molar-refractivity contribution in [2.24, 2.45) is 0 Å². The maximum atomic E-state index is 11.9. The van der Waals surface area contributed by atoms with Gasteiger partial charge in [0.1, 0.15) is 6.61 Å². The second-order valence-corrected chi connectivity index (χ2v) is 6.20. The number of hydrogen-bond acceptors (Lipinski definition) is 4. The first-order valence-electron chi connectivity index (χ1n) is 6.00. The van der Waals surface area contributed by atoms with Gasteiger partial charge in [0, 0.05) is 9.75 Å². The molecule has 0 atom stereocenters. The van der Waals surface area contributed by atoms with E-state index >= 15 is 0 Å². The first kappa shape index (κ1) is 15.2. The van der Waals surface area contributed by atoms with E-state index in [-0.39, 0.29) is 22.3 Å². The summed E-state index contributed by atoms with van der Waals surface area (Å²) >= 11 is 13.4. The summed E-state index contributed by atoms with van der Waals surface area (Å²) in [5.41, 5.74) is 6.22. The number of aryl methyl sites for hydroxylation is 1. The second kappa shape index (κ2) is 6.48. The number of ether oxygens (including phenoxy) is 1. The lowest BCUT2D eigenvalue weighted by atomic mass is 10.2. The number of nitrogen functional groups attached to an aromatic ring is 1. The molecule has 1 heterocycles. The lowest BCUT2D eigenvalue weighted by Gasteiger charge is -2.06. The molecule has 1 aromatic carbocycles. The zero-order chi connectivity index (χ0) is 14.7. The number of carbonyl (C=O) groups excluding carboxylic acids is 1. The third-order valence-corrected chi connectivity index (χ3v) is 4.72. The largest absolute Gasteiger partial charge is 0.456 e. The van der Waals surface area contributed by atoms with Crippen molar-refractivity contribution in [2.45, 2.75) is 20.0 Å². The van der Waals surface area contributed by atoms with Crippen LogP contribution in [0.5, 0.6) is 0 Å². The number of halogens is 2. The quantitative estimate of drug-likeness (QED) is 0.660. The van der Waals surface area contributed by atoms with Crippen LogP contribution in [0, 0.1) is 0 Å². The highest BCUT2D eigenvalue weighted by molar-refractivity contribution is 7.11. The number of thiophene rings is 1. The normalized spacial score (nSPS) is 10.6. The van der Waals surface area contributed by atoms with Crippen LogP contribution in [0.25, 0.3) is 0 Å². The van der Waals surface area contributed by atoms with Crippen LogP contribution in [0.2, 0.25) is 10.0 Å². The molecule has 0 radical (unpaired) electrons. The summed E-state index contributed by atoms with van der Waals surface area (Å²) in [4.78, 5) is 14.2. The van der Waals surface area contributed by atoms with Crippen molar-refractivity contribution < 1.29 is 9.53 Å². The Morgan fingerprint density at radius 1 is 1.30 bits per heavy atom. The summed E-state index contributed by atoms with van der Waals surface area (Å²) in [5.74, 6) is -0.471. The summed E-state index contributed by atoms with van der Waals surface area (Å²) in [5, 5.41) is 0.483. The molecule has 0 aliphatic carbocycles. The Kier molecular flexibility index (Phi) is 4.91. The Balaban J connectivity index is 2.05. The van der Waals surface area contributed by atoms with Crippen LogP contribution in [-0.2, 0) is 17.8 Å². The van der Waals surface area contributed by atoms with Gasteiger partial charge in [0.2, 0.25) is 0 Å². The molecular formula is C14H13Cl2NO2S. The molecular weight excluding hydrogens is 317 g/mol. The van der Waals surface area contributed by atoms with Crippen molar-refractivity contribution in [3.05, 3.63) is 49.6 Å². The number of esters is 1. The number of carbonyl (C=O) groups is 1. The third-order valence-electron chi connectivity index (χ3n) is 2.70. The first-order valence-corrected chi connectivity index (χ1v) is 7.57. The maximum Gasteiger partial charge on any atom is 0.338 e. The van der Waals surface area contributed by atoms with Crippen LogP contribution < -0.4 is 5.73 Å². The van der Waals surface area contributed by atoms with Gasteiger partial charge in [-0.2, -0.15) is 0 Å². The van der Waals surface area contributed by atoms with Crippen molar-refractivity contribution in [1.82, 2.24) is 0 Å². The average molecular weight is 330 g/mol. The van der Waals surface area contributed by atoms with Crippen molar-refractivity contribution in [2.75, 3.05) is 5.73 Å². The van der Waals surface area contributed by atoms with E-state index in [0.29, 0.717) is 5.56 Å². The van der Waals surface area contributed by atoms with Gasteiger partial charge < -0.3 is 10.5 Å². The summed E-state index contributed by atoms with van der Waals surface area (Å²) in [6, 6.07) is 6.90. The van der Waals surface area contributed by atoms with Gasteiger partial charge >= 0.3 is 5.97 Å². The molecule has 3 nitrogen and oxygen atoms in total. The highest BCUT2D eigenvalue weighted by atomic mass is 35.5. The number of rotatable bonds is 4. The molecule has 0 saturated heterocycles. The minimum atomic E-state index is -0.471. The van der Waals surface area contributed by atoms with E-state index in [9.17, 15) is 4.79 Å². The van der Waals surface area contributed by atoms with E-state index in [4.69, 9.17) is 33.7 Å². The van der Waals surface area contributed by atoms with E-state index in [2.05, 4.69) is 6.92 Å². The predicted molar refractivity (Wildman–Crippen MR) is 83.7 cm³/mol. The van der Waals surface area contributed by atoms with Gasteiger partial charge in [-0.05, 0) is 30.7 Å². The van der Waals surface area contributed by atoms with Gasteiger partial charge in [-0.25, -0.2) is 4.79 Å². The number of benzene rings is 1. The van der Waals surface area contributed by atoms with Gasteiger partial charge in [-0.1, -0.05) is 30.1 Å². The topological polar surface area (TPSA) is 52.3 Å². The Morgan fingerprint density at radius 3 is 2.60 bits per heavy atom. The minimum absolute atomic E-state index is 0.239. The third kappa shape index (κ3) is 3.45. The van der Waals surface area contributed by atoms with Crippen molar-refractivity contribution in [3.63, 3.8) is 0 Å². The van der Waals surface area contributed by atoms with Crippen molar-refractivity contribution in [3.8, 4) is 0 Å². The van der Waals surface area contributed by atoms with E-state index < -0.39 is 5.97 Å². The molecule has 2 aromatic rings. The number of nitrogens with two attached hydrogens (primary N) is 1. The van der Waals surface area contributed by atoms with Crippen LogP contribution in [0.15, 0.2) is 24.3 Å². The summed E-state index contributed by atoms with van der Waals surface area (Å²) in [6.45, 7) is 2.32. The smallest absolute Gasteiger partial charge is 0.338 e. The van der Waals surface area contributed by atoms with Crippen molar-refractivity contribution in [1.29, 1.82) is 0 Å². The molecule has 106 valence electrons. The molecule has 0 aliphatic heterocycles. The van der Waals surface area contributed by atoms with Gasteiger partial charge in [0.25, 0.3) is 0 Å². The molecule has 0 unspecified atom stereocenters. The molecule has 0 amide bonds. The SMILES string of the molecule is CCc1ccc(COC(=O)c2cc(N)c(Cl)c(Cl)c2)s1. The predicted octanol–water partition coefficient (Wildman–Crippen LogP) is 4.56. The maximum absolute atomic E-state index is 11.9. The highest BCUT2D eigenvalue weighted by Gasteiger charge is 2.13. The number of anilines is 1. The first-order chi connectivity index (χ1) is 9.51. The van der Waals surface area contributed by atoms with Crippen LogP contribution in [-0.4, -0.2) is 5.97 Å². The zero-order valence-corrected chi connectivity index (χ0v) is 13.1. The van der Waals surface area contributed by atoms with Gasteiger partial charge in [0.05, 0.1) is 21.3 Å². The summed E-state index contributed by atoms with van der Waals surface area (Å²) < 4.78 is 5.24. The molecule has 0 fully saturated rings. The monoisotopic (exact) mass is 329 g/mol. The van der Waals surface area contributed by atoms with E-state index in [1.807, 2.05) is 12.1 Å². The standard InChI is InChI=1S/C14H13Cl2NO2S/c1-2-9-3-4-10(20-9)7-19-14(18)8-5-11(15)13(16)12(17)6-8/h3-6H,2,7,17H2,1H3. The molecule has 0 aliphatic rings. The van der Waals surface area contributed by atoms with Crippen LogP contribution >= 0.6 is 34.5 Å². The molecule has 0 saturated carbocycles. The molecule has 1 aromatic heterocycles. The lowest BCUT2D eigenvalue weighted by Crippen LogP contribution is -2.05. The molecule has 0 bridgehead atoms. The van der Waals surface area contributed by atoms with Crippen LogP contribution in [0.3, 0.4) is 0 Å². The fraction of sp³-hybridized carbons (Fsp3) is 0.214. The molecule has 2 rings (SSSR count). The van der Waals surface area contributed by atoms with Crippen LogP contribution in [0.1, 0.15) is 27.0 Å². The summed E-state index contributed by atoms with van der Waals surface area (Å²) in [6.07, 6.45) is 0.974. The Bertz CT molecular complexity index is 617. The molecule has 6 heteroatoms. The fourth-order valence-corrected chi connectivity index (χ4v) is 2.84. The molecule has 20 heavy (non-hydrogen) atoms. The van der Waals surface area contributed by atoms with E-state index in [0.717, 1.165) is 11.3 Å². The Labute approximate surface area is 131 Å². The van der Waals surface area contributed by atoms with Crippen molar-refractivity contribution >= 4 is 46.2 Å². The molecule has 0 spiro atoms. The Morgan fingerprint density at radius 2 is 2.00 bits per heavy atom. The van der Waals surface area contributed by atoms with Gasteiger partial charge in [-0.3, -0.25) is 0 Å². The lowest BCUT2D eigenvalue weighted by molar-refractivity contribution is 0.0477. The average Bonchev–Trinajstić information content (AvgIpc) is 2.89.